The zero-order valence-electron chi connectivity index (χ0n) is 15.7. The minimum atomic E-state index is -2.92. The number of nitrogens with zero attached hydrogens (tertiary/aromatic N) is 2. The van der Waals surface area contributed by atoms with Crippen molar-refractivity contribution in [3.05, 3.63) is 17.7 Å². The predicted octanol–water partition coefficient (Wildman–Crippen LogP) is 2.02. The Morgan fingerprint density at radius 1 is 1.27 bits per heavy atom. The lowest BCUT2D eigenvalue weighted by atomic mass is 10.0. The van der Waals surface area contributed by atoms with Gasteiger partial charge in [-0.3, -0.25) is 4.99 Å². The Kier molecular flexibility index (Phi) is 6.47. The van der Waals surface area contributed by atoms with Crippen molar-refractivity contribution in [2.24, 2.45) is 4.99 Å². The number of nitrogens with one attached hydrogen (secondary N) is 2. The van der Waals surface area contributed by atoms with Crippen LogP contribution in [0.15, 0.2) is 17.1 Å². The third-order valence-electron chi connectivity index (χ3n) is 4.34. The predicted molar refractivity (Wildman–Crippen MR) is 95.2 cm³/mol. The maximum Gasteiger partial charge on any atom is 0.387 e. The molecule has 0 fully saturated rings. The normalized spacial score (nSPS) is 14.1. The molecule has 0 unspecified atom stereocenters. The van der Waals surface area contributed by atoms with Gasteiger partial charge < -0.3 is 29.7 Å². The first-order valence-corrected chi connectivity index (χ1v) is 8.22. The molecule has 1 aromatic carbocycles. The van der Waals surface area contributed by atoms with Crippen molar-refractivity contribution in [1.82, 2.24) is 15.5 Å². The van der Waals surface area contributed by atoms with Crippen molar-refractivity contribution in [2.75, 3.05) is 34.5 Å². The maximum atomic E-state index is 12.7. The first-order chi connectivity index (χ1) is 12.2. The van der Waals surface area contributed by atoms with E-state index in [1.807, 2.05) is 14.1 Å². The molecule has 0 saturated heterocycles. The summed E-state index contributed by atoms with van der Waals surface area (Å²) in [7, 11) is 5.64. The lowest BCUT2D eigenvalue weighted by molar-refractivity contribution is -0.0505. The molecule has 26 heavy (non-hydrogen) atoms. The van der Waals surface area contributed by atoms with Crippen molar-refractivity contribution in [3.63, 3.8) is 0 Å². The summed E-state index contributed by atoms with van der Waals surface area (Å²) in [5.74, 6) is 1.49. The van der Waals surface area contributed by atoms with E-state index >= 15 is 0 Å². The molecule has 1 aromatic rings. The van der Waals surface area contributed by atoms with Gasteiger partial charge >= 0.3 is 6.61 Å². The minimum Gasteiger partial charge on any atom is -0.454 e. The molecule has 1 aliphatic heterocycles. The van der Waals surface area contributed by atoms with E-state index in [4.69, 9.17) is 9.47 Å². The topological polar surface area (TPSA) is 67.4 Å². The van der Waals surface area contributed by atoms with E-state index in [1.54, 1.807) is 13.1 Å². The summed E-state index contributed by atoms with van der Waals surface area (Å²) in [5.41, 5.74) is 0.435. The molecule has 2 rings (SSSR count). The molecule has 2 N–H and O–H groups in total. The van der Waals surface area contributed by atoms with Crippen LogP contribution in [0.5, 0.6) is 17.2 Å². The van der Waals surface area contributed by atoms with Crippen LogP contribution in [0.2, 0.25) is 0 Å². The fourth-order valence-electron chi connectivity index (χ4n) is 2.17. The van der Waals surface area contributed by atoms with E-state index in [9.17, 15) is 8.78 Å². The standard InChI is InChI=1S/C17H26F2N4O3/c1-17(2,23(4)5)9-22-16(20-3)21-8-11-6-13-14(25-10-24-13)7-12(11)26-15(18)19/h6-7,15H,8-10H2,1-5H3,(H2,20,21,22). The Bertz CT molecular complexity index is 651. The number of benzene rings is 1. The van der Waals surface area contributed by atoms with Crippen LogP contribution in [0.3, 0.4) is 0 Å². The number of rotatable bonds is 7. The van der Waals surface area contributed by atoms with E-state index in [-0.39, 0.29) is 24.6 Å². The summed E-state index contributed by atoms with van der Waals surface area (Å²) < 4.78 is 40.5. The zero-order chi connectivity index (χ0) is 19.3. The van der Waals surface area contributed by atoms with Gasteiger partial charge in [0.1, 0.15) is 5.75 Å². The first kappa shape index (κ1) is 20.0. The van der Waals surface area contributed by atoms with Crippen LogP contribution in [-0.2, 0) is 6.54 Å². The monoisotopic (exact) mass is 372 g/mol. The van der Waals surface area contributed by atoms with E-state index < -0.39 is 6.61 Å². The van der Waals surface area contributed by atoms with Crippen LogP contribution in [0, 0.1) is 0 Å². The number of alkyl halides is 2. The maximum absolute atomic E-state index is 12.7. The third-order valence-corrected chi connectivity index (χ3v) is 4.34. The molecule has 1 aliphatic rings. The summed E-state index contributed by atoms with van der Waals surface area (Å²) in [6.45, 7) is 2.22. The van der Waals surface area contributed by atoms with E-state index in [1.165, 1.54) is 6.07 Å². The lowest BCUT2D eigenvalue weighted by Gasteiger charge is -2.33. The smallest absolute Gasteiger partial charge is 0.387 e. The molecule has 0 atom stereocenters. The molecular weight excluding hydrogens is 346 g/mol. The number of guanidine groups is 1. The van der Waals surface area contributed by atoms with Crippen molar-refractivity contribution in [2.45, 2.75) is 32.5 Å². The van der Waals surface area contributed by atoms with Crippen molar-refractivity contribution in [1.29, 1.82) is 0 Å². The van der Waals surface area contributed by atoms with Gasteiger partial charge in [-0.25, -0.2) is 0 Å². The van der Waals surface area contributed by atoms with Crippen LogP contribution in [0.1, 0.15) is 19.4 Å². The highest BCUT2D eigenvalue weighted by Crippen LogP contribution is 2.38. The van der Waals surface area contributed by atoms with E-state index in [0.717, 1.165) is 0 Å². The Labute approximate surface area is 152 Å². The number of fused-ring (bicyclic) bond motifs is 1. The van der Waals surface area contributed by atoms with Gasteiger partial charge in [-0.1, -0.05) is 0 Å². The number of likely N-dealkylation sites (N-methyl/N-ethyl adjacent to an activating group) is 1. The molecule has 0 aliphatic carbocycles. The molecule has 0 aromatic heterocycles. The van der Waals surface area contributed by atoms with Gasteiger partial charge in [0.05, 0.1) is 0 Å². The molecule has 9 heteroatoms. The second-order valence-corrected chi connectivity index (χ2v) is 6.68. The Morgan fingerprint density at radius 2 is 1.92 bits per heavy atom. The zero-order valence-corrected chi connectivity index (χ0v) is 15.7. The van der Waals surface area contributed by atoms with Crippen LogP contribution in [-0.4, -0.2) is 57.5 Å². The number of hydrogen-bond donors (Lipinski definition) is 2. The van der Waals surface area contributed by atoms with Gasteiger partial charge in [-0.15, -0.1) is 0 Å². The molecule has 0 saturated carbocycles. The van der Waals surface area contributed by atoms with Gasteiger partial charge in [0.2, 0.25) is 6.79 Å². The highest BCUT2D eigenvalue weighted by Gasteiger charge is 2.22. The number of hydrogen-bond acceptors (Lipinski definition) is 5. The minimum absolute atomic E-state index is 0.0424. The fourth-order valence-corrected chi connectivity index (χ4v) is 2.17. The lowest BCUT2D eigenvalue weighted by Crippen LogP contribution is -2.50. The quantitative estimate of drug-likeness (QED) is 0.564. The van der Waals surface area contributed by atoms with Crippen LogP contribution in [0.4, 0.5) is 8.78 Å². The molecule has 0 spiro atoms. The Morgan fingerprint density at radius 3 is 2.50 bits per heavy atom. The SMILES string of the molecule is CN=C(NCc1cc2c(cc1OC(F)F)OCO2)NCC(C)(C)N(C)C. The molecule has 0 amide bonds. The second kappa shape index (κ2) is 8.39. The Balaban J connectivity index is 2.05. The molecule has 7 nitrogen and oxygen atoms in total. The third kappa shape index (κ3) is 5.10. The molecule has 0 bridgehead atoms. The number of halogens is 2. The Hall–Kier alpha value is -2.29. The van der Waals surface area contributed by atoms with Crippen molar-refractivity contribution >= 4 is 5.96 Å². The summed E-state index contributed by atoms with van der Waals surface area (Å²) in [5, 5.41) is 6.33. The van der Waals surface area contributed by atoms with Crippen LogP contribution < -0.4 is 24.8 Å². The van der Waals surface area contributed by atoms with E-state index in [0.29, 0.717) is 29.6 Å². The van der Waals surface area contributed by atoms with Crippen LogP contribution in [0.25, 0.3) is 0 Å². The van der Waals surface area contributed by atoms with Crippen molar-refractivity contribution in [3.8, 4) is 17.2 Å². The highest BCUT2D eigenvalue weighted by molar-refractivity contribution is 5.79. The highest BCUT2D eigenvalue weighted by atomic mass is 19.3. The average Bonchev–Trinajstić information content (AvgIpc) is 3.01. The van der Waals surface area contributed by atoms with Gasteiger partial charge in [0.15, 0.2) is 17.5 Å². The van der Waals surface area contributed by atoms with E-state index in [2.05, 4.69) is 39.1 Å². The summed E-state index contributed by atoms with van der Waals surface area (Å²) >= 11 is 0. The summed E-state index contributed by atoms with van der Waals surface area (Å²) in [6, 6.07) is 3.04. The number of ether oxygens (including phenoxy) is 3. The molecule has 1 heterocycles. The van der Waals surface area contributed by atoms with Crippen LogP contribution >= 0.6 is 0 Å². The fraction of sp³-hybridized carbons (Fsp3) is 0.588. The summed E-state index contributed by atoms with van der Waals surface area (Å²) in [4.78, 5) is 6.26. The van der Waals surface area contributed by atoms with Gasteiger partial charge in [0, 0.05) is 37.3 Å². The number of aliphatic imine (C=N–C) groups is 1. The largest absolute Gasteiger partial charge is 0.454 e. The summed E-state index contributed by atoms with van der Waals surface area (Å²) in [6.07, 6.45) is 0. The van der Waals surface area contributed by atoms with Crippen molar-refractivity contribution < 1.29 is 23.0 Å². The molecule has 146 valence electrons. The molecular formula is C17H26F2N4O3. The average molecular weight is 372 g/mol. The van der Waals surface area contributed by atoms with Gasteiger partial charge in [-0.2, -0.15) is 8.78 Å². The van der Waals surface area contributed by atoms with Gasteiger partial charge in [0.25, 0.3) is 0 Å². The second-order valence-electron chi connectivity index (χ2n) is 6.68. The first-order valence-electron chi connectivity index (χ1n) is 8.22. The molecule has 0 radical (unpaired) electrons. The van der Waals surface area contributed by atoms with Gasteiger partial charge in [-0.05, 0) is 34.0 Å².